The highest BCUT2D eigenvalue weighted by Gasteiger charge is 1.86. The Morgan fingerprint density at radius 3 is 3.12 bits per heavy atom. The first-order chi connectivity index (χ1) is 3.93. The smallest absolute Gasteiger partial charge is 0.0246 e. The zero-order chi connectivity index (χ0) is 5.82. The molecule has 8 heavy (non-hydrogen) atoms. The second-order valence-electron chi connectivity index (χ2n) is 1.48. The lowest BCUT2D eigenvalue weighted by Gasteiger charge is -1.86. The van der Waals surface area contributed by atoms with Crippen LogP contribution in [0.4, 0.5) is 0 Å². The van der Waals surface area contributed by atoms with Crippen molar-refractivity contribution in [1.29, 1.82) is 0 Å². The van der Waals surface area contributed by atoms with Gasteiger partial charge in [0.25, 0.3) is 0 Å². The quantitative estimate of drug-likeness (QED) is 0.602. The second kappa shape index (κ2) is 2.82. The minimum Gasteiger partial charge on any atom is -0.367 e. The van der Waals surface area contributed by atoms with Gasteiger partial charge in [-0.15, -0.1) is 11.8 Å². The number of aromatic nitrogens is 1. The van der Waals surface area contributed by atoms with E-state index in [9.17, 15) is 0 Å². The summed E-state index contributed by atoms with van der Waals surface area (Å²) in [4.78, 5) is 4.32. The van der Waals surface area contributed by atoms with Gasteiger partial charge in [0, 0.05) is 17.3 Å². The highest BCUT2D eigenvalue weighted by molar-refractivity contribution is 7.99. The van der Waals surface area contributed by atoms with E-state index in [0.29, 0.717) is 0 Å². The molecule has 1 rings (SSSR count). The van der Waals surface area contributed by atoms with Crippen molar-refractivity contribution in [2.45, 2.75) is 11.8 Å². The first kappa shape index (κ1) is 5.76. The summed E-state index contributed by atoms with van der Waals surface area (Å²) in [6, 6.07) is 2.08. The SMILES string of the molecule is CCSc1cc[nH]c1. The number of aromatic amines is 1. The van der Waals surface area contributed by atoms with E-state index in [1.54, 1.807) is 0 Å². The highest BCUT2D eigenvalue weighted by atomic mass is 32.2. The third-order valence-electron chi connectivity index (χ3n) is 0.880. The Labute approximate surface area is 53.5 Å². The van der Waals surface area contributed by atoms with E-state index >= 15 is 0 Å². The van der Waals surface area contributed by atoms with E-state index in [1.807, 2.05) is 24.2 Å². The van der Waals surface area contributed by atoms with Gasteiger partial charge in [0.1, 0.15) is 0 Å². The third kappa shape index (κ3) is 1.30. The van der Waals surface area contributed by atoms with Gasteiger partial charge >= 0.3 is 0 Å². The fourth-order valence-electron chi connectivity index (χ4n) is 0.565. The van der Waals surface area contributed by atoms with E-state index in [1.165, 1.54) is 4.90 Å². The summed E-state index contributed by atoms with van der Waals surface area (Å²) in [5.41, 5.74) is 0. The zero-order valence-electron chi connectivity index (χ0n) is 4.85. The van der Waals surface area contributed by atoms with Gasteiger partial charge in [-0.25, -0.2) is 0 Å². The van der Waals surface area contributed by atoms with Crippen LogP contribution in [0.25, 0.3) is 0 Å². The van der Waals surface area contributed by atoms with Crippen LogP contribution in [-0.4, -0.2) is 10.7 Å². The van der Waals surface area contributed by atoms with Crippen molar-refractivity contribution < 1.29 is 0 Å². The molecule has 0 saturated carbocycles. The molecule has 0 atom stereocenters. The summed E-state index contributed by atoms with van der Waals surface area (Å²) < 4.78 is 0. The largest absolute Gasteiger partial charge is 0.367 e. The van der Waals surface area contributed by atoms with Gasteiger partial charge in [-0.1, -0.05) is 6.92 Å². The molecule has 0 unspecified atom stereocenters. The van der Waals surface area contributed by atoms with Gasteiger partial charge in [0.15, 0.2) is 0 Å². The molecule has 0 amide bonds. The first-order valence-electron chi connectivity index (χ1n) is 2.69. The molecule has 1 heterocycles. The first-order valence-corrected chi connectivity index (χ1v) is 3.67. The summed E-state index contributed by atoms with van der Waals surface area (Å²) in [5, 5.41) is 0. The maximum absolute atomic E-state index is 2.99. The predicted octanol–water partition coefficient (Wildman–Crippen LogP) is 2.13. The van der Waals surface area contributed by atoms with Gasteiger partial charge in [0.05, 0.1) is 0 Å². The zero-order valence-corrected chi connectivity index (χ0v) is 5.66. The predicted molar refractivity (Wildman–Crippen MR) is 37.2 cm³/mol. The lowest BCUT2D eigenvalue weighted by molar-refractivity contribution is 1.37. The average molecular weight is 127 g/mol. The standard InChI is InChI=1S/C6H9NS/c1-2-8-6-3-4-7-5-6/h3-5,7H,2H2,1H3. The van der Waals surface area contributed by atoms with Gasteiger partial charge in [0.2, 0.25) is 0 Å². The number of nitrogens with one attached hydrogen (secondary N) is 1. The number of rotatable bonds is 2. The number of thioether (sulfide) groups is 1. The lowest BCUT2D eigenvalue weighted by Crippen LogP contribution is -1.62. The Bertz CT molecular complexity index is 134. The Morgan fingerprint density at radius 1 is 1.75 bits per heavy atom. The summed E-state index contributed by atoms with van der Waals surface area (Å²) in [6.45, 7) is 2.15. The van der Waals surface area contributed by atoms with Crippen LogP contribution in [0.2, 0.25) is 0 Å². The topological polar surface area (TPSA) is 15.8 Å². The maximum atomic E-state index is 2.99. The van der Waals surface area contributed by atoms with E-state index in [-0.39, 0.29) is 0 Å². The van der Waals surface area contributed by atoms with Crippen LogP contribution in [0.3, 0.4) is 0 Å². The monoisotopic (exact) mass is 127 g/mol. The molecule has 1 nitrogen and oxygen atoms in total. The van der Waals surface area contributed by atoms with Crippen LogP contribution < -0.4 is 0 Å². The van der Waals surface area contributed by atoms with Gasteiger partial charge in [-0.3, -0.25) is 0 Å². The van der Waals surface area contributed by atoms with Gasteiger partial charge in [-0.05, 0) is 11.8 Å². The molecule has 1 aromatic heterocycles. The molecular formula is C6H9NS. The summed E-state index contributed by atoms with van der Waals surface area (Å²) >= 11 is 1.85. The van der Waals surface area contributed by atoms with E-state index in [0.717, 1.165) is 5.75 Å². The van der Waals surface area contributed by atoms with Crippen LogP contribution in [0.5, 0.6) is 0 Å². The van der Waals surface area contributed by atoms with Crippen LogP contribution >= 0.6 is 11.8 Å². The fraction of sp³-hybridized carbons (Fsp3) is 0.333. The summed E-state index contributed by atoms with van der Waals surface area (Å²) in [5.74, 6) is 1.15. The third-order valence-corrected chi connectivity index (χ3v) is 1.76. The molecular weight excluding hydrogens is 118 g/mol. The Hall–Kier alpha value is -0.370. The van der Waals surface area contributed by atoms with Crippen LogP contribution in [0, 0.1) is 0 Å². The highest BCUT2D eigenvalue weighted by Crippen LogP contribution is 2.14. The molecule has 0 spiro atoms. The number of hydrogen-bond acceptors (Lipinski definition) is 1. The van der Waals surface area contributed by atoms with Crippen molar-refractivity contribution >= 4 is 11.8 Å². The van der Waals surface area contributed by atoms with Gasteiger partial charge < -0.3 is 4.98 Å². The fourth-order valence-corrected chi connectivity index (χ4v) is 1.21. The van der Waals surface area contributed by atoms with Crippen molar-refractivity contribution in [3.8, 4) is 0 Å². The molecule has 1 aromatic rings. The molecule has 0 aliphatic heterocycles. The lowest BCUT2D eigenvalue weighted by atomic mass is 10.7. The molecule has 0 fully saturated rings. The van der Waals surface area contributed by atoms with E-state index in [4.69, 9.17) is 0 Å². The Kier molecular flexibility index (Phi) is 2.03. The van der Waals surface area contributed by atoms with Crippen LogP contribution in [0.1, 0.15) is 6.92 Å². The minimum absolute atomic E-state index is 1.15. The maximum Gasteiger partial charge on any atom is 0.0246 e. The normalized spacial score (nSPS) is 9.62. The number of H-pyrrole nitrogens is 1. The molecule has 0 aromatic carbocycles. The Morgan fingerprint density at radius 2 is 2.62 bits per heavy atom. The molecule has 0 bridgehead atoms. The molecule has 2 heteroatoms. The molecule has 0 saturated heterocycles. The van der Waals surface area contributed by atoms with Crippen molar-refractivity contribution in [2.24, 2.45) is 0 Å². The summed E-state index contributed by atoms with van der Waals surface area (Å²) in [7, 11) is 0. The van der Waals surface area contributed by atoms with E-state index < -0.39 is 0 Å². The molecule has 1 N–H and O–H groups in total. The van der Waals surface area contributed by atoms with Crippen molar-refractivity contribution in [1.82, 2.24) is 4.98 Å². The molecule has 44 valence electrons. The number of hydrogen-bond donors (Lipinski definition) is 1. The minimum atomic E-state index is 1.15. The van der Waals surface area contributed by atoms with Crippen LogP contribution in [-0.2, 0) is 0 Å². The van der Waals surface area contributed by atoms with E-state index in [2.05, 4.69) is 18.0 Å². The van der Waals surface area contributed by atoms with Crippen molar-refractivity contribution in [3.05, 3.63) is 18.5 Å². The molecule has 0 aliphatic carbocycles. The molecule has 0 aliphatic rings. The van der Waals surface area contributed by atoms with Crippen molar-refractivity contribution in [2.75, 3.05) is 5.75 Å². The van der Waals surface area contributed by atoms with Gasteiger partial charge in [-0.2, -0.15) is 0 Å². The Balaban J connectivity index is 2.50. The van der Waals surface area contributed by atoms with Crippen molar-refractivity contribution in [3.63, 3.8) is 0 Å². The average Bonchev–Trinajstić information content (AvgIpc) is 2.19. The second-order valence-corrected chi connectivity index (χ2v) is 2.82. The van der Waals surface area contributed by atoms with Crippen LogP contribution in [0.15, 0.2) is 23.4 Å². The molecule has 0 radical (unpaired) electrons. The summed E-state index contributed by atoms with van der Waals surface area (Å²) in [6.07, 6.45) is 3.95.